The lowest BCUT2D eigenvalue weighted by atomic mass is 9.88. The molecule has 1 saturated carbocycles. The van der Waals surface area contributed by atoms with Crippen LogP contribution in [-0.2, 0) is 4.79 Å². The quantitative estimate of drug-likeness (QED) is 0.813. The predicted octanol–water partition coefficient (Wildman–Crippen LogP) is 2.24. The van der Waals surface area contributed by atoms with Crippen molar-refractivity contribution in [3.8, 4) is 0 Å². The van der Waals surface area contributed by atoms with Gasteiger partial charge in [-0.25, -0.2) is 4.79 Å². The molecule has 1 aliphatic carbocycles. The van der Waals surface area contributed by atoms with Crippen molar-refractivity contribution >= 4 is 17.8 Å². The largest absolute Gasteiger partial charge is 0.351 e. The Morgan fingerprint density at radius 3 is 2.07 bits per heavy atom. The first-order valence-corrected chi connectivity index (χ1v) is 10.6. The molecule has 2 fully saturated rings. The first-order valence-electron chi connectivity index (χ1n) is 10.6. The minimum absolute atomic E-state index is 0.000160. The maximum atomic E-state index is 12.8. The van der Waals surface area contributed by atoms with Gasteiger partial charge >= 0.3 is 6.03 Å². The van der Waals surface area contributed by atoms with Gasteiger partial charge in [-0.3, -0.25) is 9.59 Å². The first-order chi connectivity index (χ1) is 14.0. The highest BCUT2D eigenvalue weighted by Gasteiger charge is 2.32. The Hall–Kier alpha value is -2.57. The van der Waals surface area contributed by atoms with Gasteiger partial charge in [0.2, 0.25) is 5.91 Å². The van der Waals surface area contributed by atoms with Gasteiger partial charge in [0.15, 0.2) is 0 Å². The molecular formula is C22H32N4O3. The zero-order valence-corrected chi connectivity index (χ0v) is 17.4. The number of hydrogen-bond acceptors (Lipinski definition) is 3. The Labute approximate surface area is 172 Å². The normalized spacial score (nSPS) is 22.6. The number of hydrogen-bond donors (Lipinski definition) is 2. The molecule has 29 heavy (non-hydrogen) atoms. The third kappa shape index (κ3) is 5.49. The molecule has 0 bridgehead atoms. The topological polar surface area (TPSA) is 81.8 Å². The number of urea groups is 1. The summed E-state index contributed by atoms with van der Waals surface area (Å²) in [7, 11) is 3.49. The molecule has 7 nitrogen and oxygen atoms in total. The van der Waals surface area contributed by atoms with Crippen LogP contribution in [0.4, 0.5) is 4.79 Å². The van der Waals surface area contributed by atoms with E-state index >= 15 is 0 Å². The fraction of sp³-hybridized carbons (Fsp3) is 0.591. The van der Waals surface area contributed by atoms with Crippen LogP contribution in [0.2, 0.25) is 0 Å². The van der Waals surface area contributed by atoms with Crippen LogP contribution in [-0.4, -0.2) is 66.9 Å². The number of benzene rings is 1. The van der Waals surface area contributed by atoms with E-state index in [-0.39, 0.29) is 35.8 Å². The van der Waals surface area contributed by atoms with E-state index in [1.807, 2.05) is 18.2 Å². The van der Waals surface area contributed by atoms with Crippen molar-refractivity contribution in [3.63, 3.8) is 0 Å². The molecule has 1 heterocycles. The van der Waals surface area contributed by atoms with Crippen LogP contribution in [0.15, 0.2) is 30.3 Å². The summed E-state index contributed by atoms with van der Waals surface area (Å²) in [6, 6.07) is 9.10. The van der Waals surface area contributed by atoms with Crippen molar-refractivity contribution in [1.29, 1.82) is 0 Å². The van der Waals surface area contributed by atoms with Gasteiger partial charge in [-0.1, -0.05) is 31.0 Å². The second-order valence-electron chi connectivity index (χ2n) is 8.28. The highest BCUT2D eigenvalue weighted by Crippen LogP contribution is 2.22. The molecule has 1 aromatic rings. The van der Waals surface area contributed by atoms with E-state index in [2.05, 4.69) is 10.6 Å². The molecule has 2 atom stereocenters. The number of piperidine rings is 1. The minimum atomic E-state index is -0.0905. The molecule has 0 aromatic heterocycles. The first kappa shape index (κ1) is 21.1. The average molecular weight is 401 g/mol. The lowest BCUT2D eigenvalue weighted by Gasteiger charge is -2.36. The van der Waals surface area contributed by atoms with Crippen LogP contribution < -0.4 is 10.6 Å². The molecule has 158 valence electrons. The second-order valence-corrected chi connectivity index (χ2v) is 8.28. The van der Waals surface area contributed by atoms with Gasteiger partial charge in [-0.15, -0.1) is 0 Å². The van der Waals surface area contributed by atoms with Gasteiger partial charge < -0.3 is 20.4 Å². The lowest BCUT2D eigenvalue weighted by molar-refractivity contribution is -0.127. The fourth-order valence-corrected chi connectivity index (χ4v) is 4.23. The number of rotatable bonds is 4. The van der Waals surface area contributed by atoms with Gasteiger partial charge in [0, 0.05) is 50.7 Å². The van der Waals surface area contributed by atoms with Crippen LogP contribution in [0.25, 0.3) is 0 Å². The van der Waals surface area contributed by atoms with Crippen LogP contribution in [0.1, 0.15) is 48.9 Å². The Bertz CT molecular complexity index is 714. The number of amides is 4. The zero-order valence-electron chi connectivity index (χ0n) is 17.4. The summed E-state index contributed by atoms with van der Waals surface area (Å²) < 4.78 is 0. The van der Waals surface area contributed by atoms with E-state index in [1.54, 1.807) is 36.0 Å². The summed E-state index contributed by atoms with van der Waals surface area (Å²) in [5, 5.41) is 6.31. The molecule has 4 amide bonds. The zero-order chi connectivity index (χ0) is 20.8. The van der Waals surface area contributed by atoms with Crippen LogP contribution >= 0.6 is 0 Å². The van der Waals surface area contributed by atoms with Gasteiger partial charge in [0.05, 0.1) is 0 Å². The molecule has 2 N–H and O–H groups in total. The van der Waals surface area contributed by atoms with E-state index in [0.29, 0.717) is 31.5 Å². The molecule has 1 aliphatic heterocycles. The van der Waals surface area contributed by atoms with Gasteiger partial charge in [0.25, 0.3) is 5.91 Å². The molecule has 3 rings (SSSR count). The number of nitrogens with one attached hydrogen (secondary N) is 2. The SMILES string of the molecule is CN(C)C(=O)N1CCC(C(=O)NC2CCCC[C@H]2NC(=O)c2ccccc2)CC1. The van der Waals surface area contributed by atoms with Crippen molar-refractivity contribution < 1.29 is 14.4 Å². The standard InChI is InChI=1S/C22H32N4O3/c1-25(2)22(29)26-14-12-17(13-15-26)21(28)24-19-11-7-6-10-18(19)23-20(27)16-8-4-3-5-9-16/h3-5,8-9,17-19H,6-7,10-15H2,1-2H3,(H,23,27)(H,24,28)/t18-,19?/m1/s1. The van der Waals surface area contributed by atoms with Crippen molar-refractivity contribution in [1.82, 2.24) is 20.4 Å². The third-order valence-electron chi connectivity index (χ3n) is 5.96. The van der Waals surface area contributed by atoms with Crippen LogP contribution in [0.5, 0.6) is 0 Å². The molecule has 2 aliphatic rings. The fourth-order valence-electron chi connectivity index (χ4n) is 4.23. The van der Waals surface area contributed by atoms with Gasteiger partial charge in [-0.05, 0) is 37.8 Å². The Balaban J connectivity index is 1.53. The minimum Gasteiger partial charge on any atom is -0.351 e. The summed E-state index contributed by atoms with van der Waals surface area (Å²) in [4.78, 5) is 40.8. The highest BCUT2D eigenvalue weighted by atomic mass is 16.2. The van der Waals surface area contributed by atoms with Crippen LogP contribution in [0.3, 0.4) is 0 Å². The summed E-state index contributed by atoms with van der Waals surface area (Å²) in [5.74, 6) is -0.117. The van der Waals surface area contributed by atoms with E-state index in [4.69, 9.17) is 0 Å². The van der Waals surface area contributed by atoms with Crippen molar-refractivity contribution in [3.05, 3.63) is 35.9 Å². The van der Waals surface area contributed by atoms with Crippen LogP contribution in [0, 0.1) is 5.92 Å². The van der Waals surface area contributed by atoms with Crippen molar-refractivity contribution in [2.75, 3.05) is 27.2 Å². The van der Waals surface area contributed by atoms with Crippen molar-refractivity contribution in [2.45, 2.75) is 50.6 Å². The maximum Gasteiger partial charge on any atom is 0.319 e. The Morgan fingerprint density at radius 2 is 1.48 bits per heavy atom. The second kappa shape index (κ2) is 9.76. The van der Waals surface area contributed by atoms with Gasteiger partial charge in [0.1, 0.15) is 0 Å². The smallest absolute Gasteiger partial charge is 0.319 e. The number of carbonyl (C=O) groups is 3. The maximum absolute atomic E-state index is 12.8. The van der Waals surface area contributed by atoms with Gasteiger partial charge in [-0.2, -0.15) is 0 Å². The summed E-state index contributed by atoms with van der Waals surface area (Å²) >= 11 is 0. The van der Waals surface area contributed by atoms with Crippen molar-refractivity contribution in [2.24, 2.45) is 5.92 Å². The predicted molar refractivity (Wildman–Crippen MR) is 111 cm³/mol. The third-order valence-corrected chi connectivity index (χ3v) is 5.96. The molecule has 1 aromatic carbocycles. The number of nitrogens with zero attached hydrogens (tertiary/aromatic N) is 2. The van der Waals surface area contributed by atoms with E-state index in [0.717, 1.165) is 25.7 Å². The van der Waals surface area contributed by atoms with E-state index in [9.17, 15) is 14.4 Å². The molecule has 7 heteroatoms. The average Bonchev–Trinajstić information content (AvgIpc) is 2.75. The van der Waals surface area contributed by atoms with E-state index in [1.165, 1.54) is 0 Å². The molecule has 0 spiro atoms. The summed E-state index contributed by atoms with van der Waals surface area (Å²) in [6.07, 6.45) is 5.22. The Morgan fingerprint density at radius 1 is 0.897 bits per heavy atom. The Kier molecular flexibility index (Phi) is 7.12. The monoisotopic (exact) mass is 400 g/mol. The number of carbonyl (C=O) groups excluding carboxylic acids is 3. The molecule has 0 radical (unpaired) electrons. The number of likely N-dealkylation sites (tertiary alicyclic amines) is 1. The molecular weight excluding hydrogens is 368 g/mol. The van der Waals surface area contributed by atoms with E-state index < -0.39 is 0 Å². The highest BCUT2D eigenvalue weighted by molar-refractivity contribution is 5.94. The molecule has 1 unspecified atom stereocenters. The summed E-state index contributed by atoms with van der Waals surface area (Å²) in [5.41, 5.74) is 0.640. The lowest BCUT2D eigenvalue weighted by Crippen LogP contribution is -2.55. The summed E-state index contributed by atoms with van der Waals surface area (Å²) in [6.45, 7) is 1.21. The molecule has 1 saturated heterocycles.